The molecule has 0 rings (SSSR count). The Labute approximate surface area is 127 Å². The standard InChI is InChI=1S/C18H38O2/c1-5-8-15(3)11-12-16(4)13-14-18(20)10-7-9-17(19)6-2/h15-20H,5-14H2,1-4H3/t15-,16+,17-,18-/m1/s1. The molecule has 0 radical (unpaired) electrons. The number of aliphatic hydroxyl groups is 2. The Balaban J connectivity index is 3.55. The first kappa shape index (κ1) is 19.9. The maximum absolute atomic E-state index is 9.96. The van der Waals surface area contributed by atoms with Crippen molar-refractivity contribution in [2.45, 2.75) is 104 Å². The average Bonchev–Trinajstić information content (AvgIpc) is 2.43. The summed E-state index contributed by atoms with van der Waals surface area (Å²) in [4.78, 5) is 0. The second-order valence-electron chi connectivity index (χ2n) is 6.80. The molecule has 0 aromatic heterocycles. The van der Waals surface area contributed by atoms with Crippen LogP contribution in [0, 0.1) is 11.8 Å². The van der Waals surface area contributed by atoms with Crippen LogP contribution in [0.3, 0.4) is 0 Å². The van der Waals surface area contributed by atoms with E-state index in [0.717, 1.165) is 50.4 Å². The molecule has 0 aliphatic rings. The summed E-state index contributed by atoms with van der Waals surface area (Å²) in [7, 11) is 0. The summed E-state index contributed by atoms with van der Waals surface area (Å²) in [5.74, 6) is 1.58. The number of hydrogen-bond donors (Lipinski definition) is 2. The van der Waals surface area contributed by atoms with Crippen molar-refractivity contribution >= 4 is 0 Å². The Morgan fingerprint density at radius 1 is 0.650 bits per heavy atom. The molecule has 0 spiro atoms. The maximum atomic E-state index is 9.96. The van der Waals surface area contributed by atoms with Gasteiger partial charge in [-0.25, -0.2) is 0 Å². The molecule has 2 N–H and O–H groups in total. The minimum Gasteiger partial charge on any atom is -0.393 e. The van der Waals surface area contributed by atoms with Crippen LogP contribution in [0.15, 0.2) is 0 Å². The smallest absolute Gasteiger partial charge is 0.0540 e. The molecule has 0 aliphatic heterocycles. The van der Waals surface area contributed by atoms with Gasteiger partial charge in [0.2, 0.25) is 0 Å². The molecule has 4 atom stereocenters. The van der Waals surface area contributed by atoms with Crippen molar-refractivity contribution in [2.75, 3.05) is 0 Å². The third-order valence-corrected chi connectivity index (χ3v) is 4.47. The summed E-state index contributed by atoms with van der Waals surface area (Å²) in [6, 6.07) is 0. The van der Waals surface area contributed by atoms with Gasteiger partial charge in [0.15, 0.2) is 0 Å². The minimum atomic E-state index is -0.179. The van der Waals surface area contributed by atoms with Crippen LogP contribution in [0.2, 0.25) is 0 Å². The van der Waals surface area contributed by atoms with Crippen molar-refractivity contribution in [2.24, 2.45) is 11.8 Å². The maximum Gasteiger partial charge on any atom is 0.0540 e. The predicted molar refractivity (Wildman–Crippen MR) is 87.9 cm³/mol. The van der Waals surface area contributed by atoms with Gasteiger partial charge in [0.05, 0.1) is 12.2 Å². The van der Waals surface area contributed by atoms with Crippen LogP contribution in [0.25, 0.3) is 0 Å². The van der Waals surface area contributed by atoms with E-state index in [1.165, 1.54) is 25.7 Å². The molecular formula is C18H38O2. The van der Waals surface area contributed by atoms with Crippen molar-refractivity contribution in [1.29, 1.82) is 0 Å². The third kappa shape index (κ3) is 11.7. The molecular weight excluding hydrogens is 248 g/mol. The Hall–Kier alpha value is -0.0800. The van der Waals surface area contributed by atoms with Gasteiger partial charge in [0.1, 0.15) is 0 Å². The zero-order valence-corrected chi connectivity index (χ0v) is 14.3. The molecule has 0 saturated carbocycles. The highest BCUT2D eigenvalue weighted by molar-refractivity contribution is 4.63. The summed E-state index contributed by atoms with van der Waals surface area (Å²) < 4.78 is 0. The number of aliphatic hydroxyl groups excluding tert-OH is 2. The zero-order chi connectivity index (χ0) is 15.4. The summed E-state index contributed by atoms with van der Waals surface area (Å²) in [5, 5.41) is 19.4. The van der Waals surface area contributed by atoms with E-state index in [1.54, 1.807) is 0 Å². The van der Waals surface area contributed by atoms with Crippen molar-refractivity contribution in [1.82, 2.24) is 0 Å². The van der Waals surface area contributed by atoms with E-state index in [-0.39, 0.29) is 12.2 Å². The van der Waals surface area contributed by atoms with E-state index >= 15 is 0 Å². The molecule has 0 saturated heterocycles. The van der Waals surface area contributed by atoms with E-state index in [2.05, 4.69) is 20.8 Å². The lowest BCUT2D eigenvalue weighted by atomic mass is 9.91. The summed E-state index contributed by atoms with van der Waals surface area (Å²) in [6.45, 7) is 8.92. The van der Waals surface area contributed by atoms with E-state index in [4.69, 9.17) is 0 Å². The average molecular weight is 286 g/mol. The first-order valence-electron chi connectivity index (χ1n) is 8.85. The quantitative estimate of drug-likeness (QED) is 0.504. The second-order valence-corrected chi connectivity index (χ2v) is 6.80. The van der Waals surface area contributed by atoms with Crippen LogP contribution in [-0.2, 0) is 0 Å². The highest BCUT2D eigenvalue weighted by Gasteiger charge is 2.10. The van der Waals surface area contributed by atoms with Crippen LogP contribution in [0.4, 0.5) is 0 Å². The van der Waals surface area contributed by atoms with E-state index in [0.29, 0.717) is 0 Å². The molecule has 0 heterocycles. The van der Waals surface area contributed by atoms with E-state index in [9.17, 15) is 10.2 Å². The molecule has 0 aromatic carbocycles. The fourth-order valence-electron chi connectivity index (χ4n) is 2.76. The Kier molecular flexibility index (Phi) is 12.6. The number of hydrogen-bond acceptors (Lipinski definition) is 2. The molecule has 2 heteroatoms. The Morgan fingerprint density at radius 2 is 1.15 bits per heavy atom. The first-order valence-corrected chi connectivity index (χ1v) is 8.85. The SMILES string of the molecule is CCC[C@@H](C)CC[C@H](C)CC[C@H](O)CCC[C@H](O)CC. The summed E-state index contributed by atoms with van der Waals surface area (Å²) >= 11 is 0. The molecule has 122 valence electrons. The van der Waals surface area contributed by atoms with Gasteiger partial charge in [-0.05, 0) is 50.4 Å². The summed E-state index contributed by atoms with van der Waals surface area (Å²) in [5.41, 5.74) is 0. The number of rotatable bonds is 13. The minimum absolute atomic E-state index is 0.172. The first-order chi connectivity index (χ1) is 9.49. The van der Waals surface area contributed by atoms with E-state index < -0.39 is 0 Å². The van der Waals surface area contributed by atoms with Gasteiger partial charge in [0.25, 0.3) is 0 Å². The molecule has 0 aliphatic carbocycles. The summed E-state index contributed by atoms with van der Waals surface area (Å²) in [6.07, 6.45) is 10.4. The monoisotopic (exact) mass is 286 g/mol. The normalized spacial score (nSPS) is 17.7. The fraction of sp³-hybridized carbons (Fsp3) is 1.00. The van der Waals surface area contributed by atoms with Crippen molar-refractivity contribution in [3.8, 4) is 0 Å². The molecule has 20 heavy (non-hydrogen) atoms. The van der Waals surface area contributed by atoms with Crippen LogP contribution < -0.4 is 0 Å². The van der Waals surface area contributed by atoms with Crippen molar-refractivity contribution in [3.63, 3.8) is 0 Å². The zero-order valence-electron chi connectivity index (χ0n) is 14.3. The highest BCUT2D eigenvalue weighted by Crippen LogP contribution is 2.21. The lowest BCUT2D eigenvalue weighted by Crippen LogP contribution is -2.11. The lowest BCUT2D eigenvalue weighted by Gasteiger charge is -2.17. The molecule has 2 nitrogen and oxygen atoms in total. The van der Waals surface area contributed by atoms with Gasteiger partial charge >= 0.3 is 0 Å². The van der Waals surface area contributed by atoms with Crippen LogP contribution >= 0.6 is 0 Å². The largest absolute Gasteiger partial charge is 0.393 e. The Morgan fingerprint density at radius 3 is 1.70 bits per heavy atom. The fourth-order valence-corrected chi connectivity index (χ4v) is 2.76. The van der Waals surface area contributed by atoms with Crippen LogP contribution in [0.5, 0.6) is 0 Å². The van der Waals surface area contributed by atoms with Crippen molar-refractivity contribution in [3.05, 3.63) is 0 Å². The topological polar surface area (TPSA) is 40.5 Å². The van der Waals surface area contributed by atoms with Crippen LogP contribution in [-0.4, -0.2) is 22.4 Å². The van der Waals surface area contributed by atoms with Gasteiger partial charge in [-0.2, -0.15) is 0 Å². The van der Waals surface area contributed by atoms with Gasteiger partial charge in [-0.3, -0.25) is 0 Å². The van der Waals surface area contributed by atoms with Crippen LogP contribution in [0.1, 0.15) is 91.9 Å². The second kappa shape index (κ2) is 12.6. The molecule has 0 bridgehead atoms. The Bertz CT molecular complexity index is 206. The molecule has 0 fully saturated rings. The molecule has 0 aromatic rings. The van der Waals surface area contributed by atoms with Gasteiger partial charge < -0.3 is 10.2 Å². The predicted octanol–water partition coefficient (Wildman–Crippen LogP) is 4.92. The lowest BCUT2D eigenvalue weighted by molar-refractivity contribution is 0.122. The molecule has 0 amide bonds. The van der Waals surface area contributed by atoms with Crippen molar-refractivity contribution < 1.29 is 10.2 Å². The highest BCUT2D eigenvalue weighted by atomic mass is 16.3. The molecule has 0 unspecified atom stereocenters. The van der Waals surface area contributed by atoms with E-state index in [1.807, 2.05) is 6.92 Å². The van der Waals surface area contributed by atoms with Gasteiger partial charge in [-0.15, -0.1) is 0 Å². The van der Waals surface area contributed by atoms with Gasteiger partial charge in [0, 0.05) is 0 Å². The third-order valence-electron chi connectivity index (χ3n) is 4.47. The van der Waals surface area contributed by atoms with Gasteiger partial charge in [-0.1, -0.05) is 53.4 Å².